The van der Waals surface area contributed by atoms with E-state index in [9.17, 15) is 9.59 Å². The van der Waals surface area contributed by atoms with E-state index in [0.29, 0.717) is 31.3 Å². The molecule has 1 aromatic carbocycles. The zero-order valence-corrected chi connectivity index (χ0v) is 14.5. The van der Waals surface area contributed by atoms with Crippen molar-refractivity contribution >= 4 is 11.7 Å². The summed E-state index contributed by atoms with van der Waals surface area (Å²) in [6, 6.07) is 11.0. The zero-order valence-electron chi connectivity index (χ0n) is 14.5. The average Bonchev–Trinajstić information content (AvgIpc) is 3.32. The van der Waals surface area contributed by atoms with E-state index in [1.165, 1.54) is 6.07 Å². The fourth-order valence-electron chi connectivity index (χ4n) is 2.70. The first kappa shape index (κ1) is 18.3. The van der Waals surface area contributed by atoms with Gasteiger partial charge in [0.15, 0.2) is 17.2 Å². The van der Waals surface area contributed by atoms with Crippen molar-refractivity contribution in [3.05, 3.63) is 53.4 Å². The largest absolute Gasteiger partial charge is 0.381 e. The van der Waals surface area contributed by atoms with E-state index in [1.54, 1.807) is 0 Å². The smallest absolute Gasteiger partial charge is 0.273 e. The molecule has 7 nitrogen and oxygen atoms in total. The molecule has 1 fully saturated rings. The average molecular weight is 358 g/mol. The van der Waals surface area contributed by atoms with E-state index in [0.717, 1.165) is 18.6 Å². The van der Waals surface area contributed by atoms with Gasteiger partial charge < -0.3 is 19.3 Å². The molecule has 1 unspecified atom stereocenters. The summed E-state index contributed by atoms with van der Waals surface area (Å²) in [6.45, 7) is 2.06. The van der Waals surface area contributed by atoms with Crippen LogP contribution in [0.5, 0.6) is 0 Å². The lowest BCUT2D eigenvalue weighted by Crippen LogP contribution is -2.29. The van der Waals surface area contributed by atoms with E-state index in [4.69, 9.17) is 14.0 Å². The van der Waals surface area contributed by atoms with E-state index < -0.39 is 0 Å². The molecule has 1 aliphatic rings. The number of amides is 1. The Bertz CT molecular complexity index is 723. The maximum atomic E-state index is 12.0. The highest BCUT2D eigenvalue weighted by atomic mass is 16.5. The van der Waals surface area contributed by atoms with E-state index in [2.05, 4.69) is 10.5 Å². The molecule has 2 aromatic rings. The van der Waals surface area contributed by atoms with E-state index in [-0.39, 0.29) is 30.6 Å². The lowest BCUT2D eigenvalue weighted by Gasteiger charge is -2.07. The summed E-state index contributed by atoms with van der Waals surface area (Å²) in [5.74, 6) is 0.454. The minimum atomic E-state index is -0.285. The van der Waals surface area contributed by atoms with Crippen LogP contribution in [0, 0.1) is 5.92 Å². The van der Waals surface area contributed by atoms with Crippen LogP contribution in [-0.2, 0) is 27.3 Å². The molecule has 1 N–H and O–H groups in total. The molecule has 0 saturated carbocycles. The Morgan fingerprint density at radius 1 is 1.27 bits per heavy atom. The number of ketones is 1. The molecule has 0 aliphatic carbocycles. The first-order valence-corrected chi connectivity index (χ1v) is 8.65. The molecule has 0 spiro atoms. The molecule has 26 heavy (non-hydrogen) atoms. The van der Waals surface area contributed by atoms with Crippen molar-refractivity contribution < 1.29 is 23.6 Å². The van der Waals surface area contributed by atoms with Gasteiger partial charge in [0, 0.05) is 31.6 Å². The van der Waals surface area contributed by atoms with Crippen molar-refractivity contribution in [2.24, 2.45) is 5.92 Å². The molecule has 0 radical (unpaired) electrons. The summed E-state index contributed by atoms with van der Waals surface area (Å²) < 4.78 is 15.7. The van der Waals surface area contributed by atoms with Gasteiger partial charge in [-0.05, 0) is 12.0 Å². The third-order valence-electron chi connectivity index (χ3n) is 4.12. The highest BCUT2D eigenvalue weighted by molar-refractivity contribution is 5.92. The molecule has 0 bridgehead atoms. The van der Waals surface area contributed by atoms with Crippen molar-refractivity contribution in [2.45, 2.75) is 19.4 Å². The number of nitrogens with one attached hydrogen (secondary N) is 1. The summed E-state index contributed by atoms with van der Waals surface area (Å²) in [7, 11) is 0. The molecule has 2 heterocycles. The number of Topliss-reactive ketones (excluding diaryl/α,β-unsaturated/α-hetero) is 1. The molecular weight excluding hydrogens is 336 g/mol. The van der Waals surface area contributed by atoms with Gasteiger partial charge in [-0.1, -0.05) is 35.5 Å². The summed E-state index contributed by atoms with van der Waals surface area (Å²) in [5, 5.41) is 6.56. The molecule has 1 saturated heterocycles. The van der Waals surface area contributed by atoms with Crippen LogP contribution in [0.1, 0.15) is 28.2 Å². The number of ether oxygens (including phenoxy) is 2. The molecule has 1 aliphatic heterocycles. The van der Waals surface area contributed by atoms with Gasteiger partial charge in [0.2, 0.25) is 0 Å². The minimum absolute atomic E-state index is 0.0151. The van der Waals surface area contributed by atoms with Crippen LogP contribution >= 0.6 is 0 Å². The first-order valence-electron chi connectivity index (χ1n) is 8.65. The van der Waals surface area contributed by atoms with Gasteiger partial charge in [0.25, 0.3) is 5.91 Å². The molecule has 138 valence electrons. The number of hydrogen-bond donors (Lipinski definition) is 1. The van der Waals surface area contributed by atoms with Crippen molar-refractivity contribution in [1.29, 1.82) is 0 Å². The number of benzene rings is 1. The van der Waals surface area contributed by atoms with Crippen LogP contribution in [0.3, 0.4) is 0 Å². The predicted octanol–water partition coefficient (Wildman–Crippen LogP) is 1.77. The van der Waals surface area contributed by atoms with Gasteiger partial charge in [-0.15, -0.1) is 0 Å². The van der Waals surface area contributed by atoms with Crippen LogP contribution in [0.2, 0.25) is 0 Å². The standard InChI is InChI=1S/C19H22N2O5/c22-16(8-14-4-2-1-3-5-14)12-25-13-17-9-18(21-26-17)19(23)20-10-15-6-7-24-11-15/h1-5,9,15H,6-8,10-13H2,(H,20,23). The summed E-state index contributed by atoms with van der Waals surface area (Å²) in [6.07, 6.45) is 1.28. The molecular formula is C19H22N2O5. The zero-order chi connectivity index (χ0) is 18.2. The van der Waals surface area contributed by atoms with Gasteiger partial charge in [-0.3, -0.25) is 9.59 Å². The molecule has 1 amide bonds. The third kappa shape index (κ3) is 5.50. The van der Waals surface area contributed by atoms with E-state index in [1.807, 2.05) is 30.3 Å². The fraction of sp³-hybridized carbons (Fsp3) is 0.421. The Morgan fingerprint density at radius 2 is 2.12 bits per heavy atom. The molecule has 1 aromatic heterocycles. The van der Waals surface area contributed by atoms with Crippen molar-refractivity contribution in [3.63, 3.8) is 0 Å². The number of nitrogens with zero attached hydrogens (tertiary/aromatic N) is 1. The SMILES string of the molecule is O=C(COCc1cc(C(=O)NCC2CCOC2)no1)Cc1ccccc1. The molecule has 7 heteroatoms. The van der Waals surface area contributed by atoms with Crippen molar-refractivity contribution in [3.8, 4) is 0 Å². The topological polar surface area (TPSA) is 90.7 Å². The number of hydrogen-bond acceptors (Lipinski definition) is 6. The second kappa shape index (κ2) is 9.26. The van der Waals surface area contributed by atoms with E-state index >= 15 is 0 Å². The number of aromatic nitrogens is 1. The highest BCUT2D eigenvalue weighted by Crippen LogP contribution is 2.11. The Labute approximate surface area is 151 Å². The van der Waals surface area contributed by atoms with Gasteiger partial charge >= 0.3 is 0 Å². The number of carbonyl (C=O) groups is 2. The Morgan fingerprint density at radius 3 is 2.88 bits per heavy atom. The normalized spacial score (nSPS) is 16.5. The summed E-state index contributed by atoms with van der Waals surface area (Å²) in [5.41, 5.74) is 1.16. The highest BCUT2D eigenvalue weighted by Gasteiger charge is 2.18. The molecule has 1 atom stereocenters. The van der Waals surface area contributed by atoms with Crippen molar-refractivity contribution in [2.75, 3.05) is 26.4 Å². The van der Waals surface area contributed by atoms with Crippen molar-refractivity contribution in [1.82, 2.24) is 10.5 Å². The third-order valence-corrected chi connectivity index (χ3v) is 4.12. The maximum Gasteiger partial charge on any atom is 0.273 e. The Balaban J connectivity index is 1.37. The van der Waals surface area contributed by atoms with Gasteiger partial charge in [-0.25, -0.2) is 0 Å². The van der Waals surface area contributed by atoms with Crippen LogP contribution in [-0.4, -0.2) is 43.2 Å². The summed E-state index contributed by atoms with van der Waals surface area (Å²) >= 11 is 0. The Kier molecular flexibility index (Phi) is 6.51. The lowest BCUT2D eigenvalue weighted by molar-refractivity contribution is -0.123. The first-order chi connectivity index (χ1) is 12.7. The van der Waals surface area contributed by atoms with Gasteiger partial charge in [0.1, 0.15) is 13.2 Å². The van der Waals surface area contributed by atoms with Crippen LogP contribution in [0.4, 0.5) is 0 Å². The maximum absolute atomic E-state index is 12.0. The minimum Gasteiger partial charge on any atom is -0.381 e. The lowest BCUT2D eigenvalue weighted by atomic mass is 10.1. The second-order valence-electron chi connectivity index (χ2n) is 6.31. The predicted molar refractivity (Wildman–Crippen MR) is 92.6 cm³/mol. The number of rotatable bonds is 9. The van der Waals surface area contributed by atoms with Gasteiger partial charge in [0.05, 0.1) is 6.61 Å². The van der Waals surface area contributed by atoms with Crippen LogP contribution < -0.4 is 5.32 Å². The molecule has 3 rings (SSSR count). The van der Waals surface area contributed by atoms with Gasteiger partial charge in [-0.2, -0.15) is 0 Å². The Hall–Kier alpha value is -2.51. The monoisotopic (exact) mass is 358 g/mol. The van der Waals surface area contributed by atoms with Crippen LogP contribution in [0.25, 0.3) is 0 Å². The fourth-order valence-corrected chi connectivity index (χ4v) is 2.70. The number of carbonyl (C=O) groups excluding carboxylic acids is 2. The summed E-state index contributed by atoms with van der Waals surface area (Å²) in [4.78, 5) is 23.9. The van der Waals surface area contributed by atoms with Crippen LogP contribution in [0.15, 0.2) is 40.9 Å². The second-order valence-corrected chi connectivity index (χ2v) is 6.31. The quantitative estimate of drug-likeness (QED) is 0.735.